The molecular weight excluding hydrogens is 388 g/mol. The van der Waals surface area contributed by atoms with Gasteiger partial charge in [0.15, 0.2) is 24.0 Å². The van der Waals surface area contributed by atoms with Crippen molar-refractivity contribution in [3.8, 4) is 5.75 Å². The lowest BCUT2D eigenvalue weighted by molar-refractivity contribution is -0.118. The van der Waals surface area contributed by atoms with E-state index in [0.29, 0.717) is 6.42 Å². The molecule has 0 saturated heterocycles. The summed E-state index contributed by atoms with van der Waals surface area (Å²) in [6, 6.07) is 0.0346. The Kier molecular flexibility index (Phi) is 5.36. The Bertz CT molecular complexity index is 903. The van der Waals surface area contributed by atoms with Gasteiger partial charge in [-0.3, -0.25) is 9.59 Å². The van der Waals surface area contributed by atoms with E-state index in [2.05, 4.69) is 10.1 Å². The number of ether oxygens (including phenoxy) is 1. The minimum absolute atomic E-state index is 0.0346. The van der Waals surface area contributed by atoms with Crippen molar-refractivity contribution in [1.82, 2.24) is 0 Å². The number of benzene rings is 1. The molecule has 1 aliphatic carbocycles. The zero-order valence-electron chi connectivity index (χ0n) is 13.8. The maximum Gasteiger partial charge on any atom is 0.262 e. The number of carbonyl (C=O) groups excluding carboxylic acids is 2. The molecule has 0 saturated carbocycles. The van der Waals surface area contributed by atoms with Gasteiger partial charge in [-0.25, -0.2) is 8.78 Å². The smallest absolute Gasteiger partial charge is 0.262 e. The van der Waals surface area contributed by atoms with Crippen LogP contribution in [0, 0.1) is 23.3 Å². The van der Waals surface area contributed by atoms with Crippen molar-refractivity contribution >= 4 is 28.2 Å². The van der Waals surface area contributed by atoms with Gasteiger partial charge in [-0.1, -0.05) is 0 Å². The zero-order valence-corrected chi connectivity index (χ0v) is 14.7. The van der Waals surface area contributed by atoms with E-state index in [0.717, 1.165) is 29.7 Å². The number of rotatable bonds is 5. The van der Waals surface area contributed by atoms with Crippen LogP contribution in [0.5, 0.6) is 5.75 Å². The fourth-order valence-electron chi connectivity index (χ4n) is 2.89. The molecular formula is C17H14F4N2O3S. The Morgan fingerprint density at radius 3 is 2.37 bits per heavy atom. The average molecular weight is 402 g/mol. The van der Waals surface area contributed by atoms with Crippen LogP contribution in [0.3, 0.4) is 0 Å². The van der Waals surface area contributed by atoms with Gasteiger partial charge in [0, 0.05) is 10.9 Å². The van der Waals surface area contributed by atoms with Crippen LogP contribution in [0.25, 0.3) is 0 Å². The molecule has 10 heteroatoms. The van der Waals surface area contributed by atoms with Crippen LogP contribution in [0.4, 0.5) is 22.6 Å². The number of nitrogens with one attached hydrogen (secondary N) is 1. The molecule has 0 bridgehead atoms. The fraction of sp³-hybridized carbons (Fsp3) is 0.294. The third kappa shape index (κ3) is 3.75. The van der Waals surface area contributed by atoms with Gasteiger partial charge in [0.25, 0.3) is 11.8 Å². The average Bonchev–Trinajstić information content (AvgIpc) is 2.97. The normalized spacial score (nSPS) is 13.2. The summed E-state index contributed by atoms with van der Waals surface area (Å²) in [7, 11) is 0. The van der Waals surface area contributed by atoms with Crippen LogP contribution < -0.4 is 15.8 Å². The Hall–Kier alpha value is -2.62. The van der Waals surface area contributed by atoms with Crippen molar-refractivity contribution in [2.45, 2.75) is 25.7 Å². The predicted molar refractivity (Wildman–Crippen MR) is 89.9 cm³/mol. The molecule has 0 aliphatic heterocycles. The first kappa shape index (κ1) is 19.2. The largest absolute Gasteiger partial charge is 0.477 e. The van der Waals surface area contributed by atoms with Gasteiger partial charge in [0.2, 0.25) is 11.6 Å². The highest BCUT2D eigenvalue weighted by Crippen LogP contribution is 2.38. The second-order valence-electron chi connectivity index (χ2n) is 5.91. The molecule has 3 N–H and O–H groups in total. The molecule has 1 aromatic heterocycles. The van der Waals surface area contributed by atoms with Crippen LogP contribution in [0.2, 0.25) is 0 Å². The van der Waals surface area contributed by atoms with Crippen molar-refractivity contribution in [2.24, 2.45) is 5.73 Å². The molecule has 1 aromatic carbocycles. The van der Waals surface area contributed by atoms with Crippen LogP contribution in [0.15, 0.2) is 6.07 Å². The minimum Gasteiger partial charge on any atom is -0.477 e. The van der Waals surface area contributed by atoms with Crippen molar-refractivity contribution in [1.29, 1.82) is 0 Å². The molecule has 144 valence electrons. The summed E-state index contributed by atoms with van der Waals surface area (Å²) >= 11 is 1.19. The SMILES string of the molecule is NC(=O)c1c(NC(=O)COc2c(F)c(F)cc(F)c2F)sc2c1CCCC2. The van der Waals surface area contributed by atoms with E-state index < -0.39 is 47.4 Å². The van der Waals surface area contributed by atoms with Crippen LogP contribution in [-0.2, 0) is 17.6 Å². The fourth-order valence-corrected chi connectivity index (χ4v) is 4.20. The summed E-state index contributed by atoms with van der Waals surface area (Å²) in [6.45, 7) is -0.919. The summed E-state index contributed by atoms with van der Waals surface area (Å²) in [5.41, 5.74) is 6.40. The first-order valence-corrected chi connectivity index (χ1v) is 8.81. The van der Waals surface area contributed by atoms with E-state index in [4.69, 9.17) is 5.73 Å². The third-order valence-corrected chi connectivity index (χ3v) is 5.30. The first-order valence-electron chi connectivity index (χ1n) is 7.99. The number of hydrogen-bond acceptors (Lipinski definition) is 4. The third-order valence-electron chi connectivity index (χ3n) is 4.09. The summed E-state index contributed by atoms with van der Waals surface area (Å²) in [5, 5.41) is 2.63. The van der Waals surface area contributed by atoms with E-state index in [1.54, 1.807) is 0 Å². The summed E-state index contributed by atoms with van der Waals surface area (Å²) < 4.78 is 58.0. The van der Waals surface area contributed by atoms with E-state index in [1.807, 2.05) is 0 Å². The van der Waals surface area contributed by atoms with Crippen molar-refractivity contribution in [3.05, 3.63) is 45.3 Å². The molecule has 1 aliphatic rings. The predicted octanol–water partition coefficient (Wildman–Crippen LogP) is 3.30. The van der Waals surface area contributed by atoms with Crippen LogP contribution >= 0.6 is 11.3 Å². The highest BCUT2D eigenvalue weighted by Gasteiger charge is 2.26. The van der Waals surface area contributed by atoms with Gasteiger partial charge >= 0.3 is 0 Å². The van der Waals surface area contributed by atoms with Gasteiger partial charge in [0.1, 0.15) is 5.00 Å². The van der Waals surface area contributed by atoms with Crippen molar-refractivity contribution < 1.29 is 31.9 Å². The highest BCUT2D eigenvalue weighted by atomic mass is 32.1. The Labute approximate surface area is 155 Å². The quantitative estimate of drug-likeness (QED) is 0.595. The maximum atomic E-state index is 13.5. The molecule has 1 heterocycles. The lowest BCUT2D eigenvalue weighted by atomic mass is 9.95. The lowest BCUT2D eigenvalue weighted by Crippen LogP contribution is -2.23. The van der Waals surface area contributed by atoms with Crippen LogP contribution in [0.1, 0.15) is 33.6 Å². The van der Waals surface area contributed by atoms with Gasteiger partial charge in [-0.15, -0.1) is 11.3 Å². The Morgan fingerprint density at radius 2 is 1.74 bits per heavy atom. The van der Waals surface area contributed by atoms with E-state index in [-0.39, 0.29) is 16.6 Å². The highest BCUT2D eigenvalue weighted by molar-refractivity contribution is 7.17. The standard InChI is InChI=1S/C17H14F4N2O3S/c18-8-5-9(19)14(21)15(13(8)20)26-6-11(24)23-17-12(16(22)25)7-3-1-2-4-10(7)27-17/h5H,1-4,6H2,(H2,22,25)(H,23,24). The number of anilines is 1. The van der Waals surface area contributed by atoms with Gasteiger partial charge in [0.05, 0.1) is 5.56 Å². The number of amides is 2. The molecule has 0 spiro atoms. The molecule has 27 heavy (non-hydrogen) atoms. The number of carbonyl (C=O) groups is 2. The molecule has 2 aromatic rings. The van der Waals surface area contributed by atoms with E-state index in [1.165, 1.54) is 11.3 Å². The second kappa shape index (κ2) is 7.55. The number of hydrogen-bond donors (Lipinski definition) is 2. The maximum absolute atomic E-state index is 13.5. The minimum atomic E-state index is -1.74. The number of primary amides is 1. The van der Waals surface area contributed by atoms with E-state index >= 15 is 0 Å². The summed E-state index contributed by atoms with van der Waals surface area (Å²) in [5.74, 6) is -9.67. The Morgan fingerprint density at radius 1 is 1.11 bits per heavy atom. The number of thiophene rings is 1. The number of fused-ring (bicyclic) bond motifs is 1. The second-order valence-corrected chi connectivity index (χ2v) is 7.02. The number of nitrogens with two attached hydrogens (primary N) is 1. The topological polar surface area (TPSA) is 81.4 Å². The number of aryl methyl sites for hydroxylation is 1. The molecule has 0 fully saturated rings. The molecule has 0 radical (unpaired) electrons. The summed E-state index contributed by atoms with van der Waals surface area (Å²) in [6.07, 6.45) is 3.26. The number of halogens is 4. The zero-order chi connectivity index (χ0) is 19.7. The molecule has 0 atom stereocenters. The summed E-state index contributed by atoms with van der Waals surface area (Å²) in [4.78, 5) is 24.7. The van der Waals surface area contributed by atoms with Gasteiger partial charge < -0.3 is 15.8 Å². The monoisotopic (exact) mass is 402 g/mol. The van der Waals surface area contributed by atoms with E-state index in [9.17, 15) is 27.2 Å². The molecule has 0 unspecified atom stereocenters. The van der Waals surface area contributed by atoms with Crippen LogP contribution in [-0.4, -0.2) is 18.4 Å². The lowest BCUT2D eigenvalue weighted by Gasteiger charge is -2.11. The van der Waals surface area contributed by atoms with Crippen molar-refractivity contribution in [3.63, 3.8) is 0 Å². The first-order chi connectivity index (χ1) is 12.8. The van der Waals surface area contributed by atoms with Crippen molar-refractivity contribution in [2.75, 3.05) is 11.9 Å². The van der Waals surface area contributed by atoms with Gasteiger partial charge in [-0.05, 0) is 31.2 Å². The van der Waals surface area contributed by atoms with Gasteiger partial charge in [-0.2, -0.15) is 8.78 Å². The Balaban J connectivity index is 1.76. The molecule has 5 nitrogen and oxygen atoms in total. The molecule has 2 amide bonds. The molecule has 3 rings (SSSR count).